The topological polar surface area (TPSA) is 87.3 Å². The molecule has 0 spiro atoms. The maximum absolute atomic E-state index is 12.6. The smallest absolute Gasteiger partial charge is 0.410 e. The maximum Gasteiger partial charge on any atom is 0.410 e. The molecule has 2 aromatic rings. The van der Waals surface area contributed by atoms with Crippen LogP contribution in [-0.4, -0.2) is 45.6 Å². The second-order valence-electron chi connectivity index (χ2n) is 8.11. The Bertz CT molecular complexity index is 783. The first-order chi connectivity index (χ1) is 12.7. The summed E-state index contributed by atoms with van der Waals surface area (Å²) in [6.07, 6.45) is 0.965. The predicted molar refractivity (Wildman–Crippen MR) is 103 cm³/mol. The zero-order chi connectivity index (χ0) is 19.6. The number of amides is 2. The van der Waals surface area contributed by atoms with E-state index in [2.05, 4.69) is 15.3 Å². The largest absolute Gasteiger partial charge is 0.444 e. The Kier molecular flexibility index (Phi) is 5.39. The normalized spacial score (nSPS) is 17.0. The molecule has 3 rings (SSSR count). The fourth-order valence-electron chi connectivity index (χ4n) is 3.23. The van der Waals surface area contributed by atoms with Crippen molar-refractivity contribution in [1.82, 2.24) is 20.2 Å². The van der Waals surface area contributed by atoms with Gasteiger partial charge in [0.05, 0.1) is 17.1 Å². The summed E-state index contributed by atoms with van der Waals surface area (Å²) in [7, 11) is 0. The molecule has 1 aliphatic rings. The van der Waals surface area contributed by atoms with Crippen LogP contribution in [0.3, 0.4) is 0 Å². The van der Waals surface area contributed by atoms with Crippen LogP contribution >= 0.6 is 0 Å². The van der Waals surface area contributed by atoms with Gasteiger partial charge in [-0.2, -0.15) is 0 Å². The number of fused-ring (bicyclic) bond motifs is 1. The van der Waals surface area contributed by atoms with E-state index in [0.29, 0.717) is 25.9 Å². The SMILES string of the molecule is C[C@@H](NC(=O)C1CCN(C(=O)OC(C)(C)C)CC1)c1nc2ccccc2[nH]1. The van der Waals surface area contributed by atoms with Gasteiger partial charge in [-0.15, -0.1) is 0 Å². The number of likely N-dealkylation sites (tertiary alicyclic amines) is 1. The van der Waals surface area contributed by atoms with Crippen molar-refractivity contribution in [3.05, 3.63) is 30.1 Å². The first-order valence-corrected chi connectivity index (χ1v) is 9.46. The third kappa shape index (κ3) is 4.78. The van der Waals surface area contributed by atoms with Crippen LogP contribution in [0, 0.1) is 5.92 Å². The predicted octanol–water partition coefficient (Wildman–Crippen LogP) is 3.39. The van der Waals surface area contributed by atoms with Crippen LogP contribution < -0.4 is 5.32 Å². The lowest BCUT2D eigenvalue weighted by molar-refractivity contribution is -0.127. The molecule has 0 aliphatic carbocycles. The molecule has 2 heterocycles. The van der Waals surface area contributed by atoms with Crippen molar-refractivity contribution in [2.45, 2.75) is 52.2 Å². The van der Waals surface area contributed by atoms with Gasteiger partial charge in [-0.1, -0.05) is 12.1 Å². The van der Waals surface area contributed by atoms with E-state index in [1.165, 1.54) is 0 Å². The van der Waals surface area contributed by atoms with Gasteiger partial charge in [-0.3, -0.25) is 4.79 Å². The Labute approximate surface area is 159 Å². The molecule has 0 bridgehead atoms. The molecule has 7 nitrogen and oxygen atoms in total. The van der Waals surface area contributed by atoms with E-state index in [4.69, 9.17) is 4.74 Å². The fourth-order valence-corrected chi connectivity index (χ4v) is 3.23. The van der Waals surface area contributed by atoms with Crippen molar-refractivity contribution in [2.75, 3.05) is 13.1 Å². The molecule has 1 aromatic heterocycles. The summed E-state index contributed by atoms with van der Waals surface area (Å²) < 4.78 is 5.40. The van der Waals surface area contributed by atoms with Crippen LogP contribution in [0.25, 0.3) is 11.0 Å². The third-order valence-electron chi connectivity index (χ3n) is 4.69. The Balaban J connectivity index is 1.52. The number of carbonyl (C=O) groups excluding carboxylic acids is 2. The molecule has 2 amide bonds. The van der Waals surface area contributed by atoms with Gasteiger partial charge in [-0.25, -0.2) is 9.78 Å². The van der Waals surface area contributed by atoms with E-state index in [-0.39, 0.29) is 24.0 Å². The monoisotopic (exact) mass is 372 g/mol. The number of hydrogen-bond acceptors (Lipinski definition) is 4. The molecule has 1 aromatic carbocycles. The van der Waals surface area contributed by atoms with Crippen LogP contribution in [0.5, 0.6) is 0 Å². The van der Waals surface area contributed by atoms with Crippen molar-refractivity contribution in [3.63, 3.8) is 0 Å². The lowest BCUT2D eigenvalue weighted by atomic mass is 9.96. The van der Waals surface area contributed by atoms with Gasteiger partial charge in [0, 0.05) is 19.0 Å². The van der Waals surface area contributed by atoms with Crippen molar-refractivity contribution in [1.29, 1.82) is 0 Å². The highest BCUT2D eigenvalue weighted by atomic mass is 16.6. The minimum Gasteiger partial charge on any atom is -0.444 e. The van der Waals surface area contributed by atoms with Crippen molar-refractivity contribution in [2.24, 2.45) is 5.92 Å². The summed E-state index contributed by atoms with van der Waals surface area (Å²) in [5.74, 6) is 0.651. The van der Waals surface area contributed by atoms with Crippen LogP contribution in [0.4, 0.5) is 4.79 Å². The molecule has 1 fully saturated rings. The van der Waals surface area contributed by atoms with Crippen molar-refractivity contribution >= 4 is 23.0 Å². The summed E-state index contributed by atoms with van der Waals surface area (Å²) in [6.45, 7) is 8.54. The summed E-state index contributed by atoms with van der Waals surface area (Å²) in [5.41, 5.74) is 1.34. The summed E-state index contributed by atoms with van der Waals surface area (Å²) >= 11 is 0. The lowest BCUT2D eigenvalue weighted by Gasteiger charge is -2.33. The van der Waals surface area contributed by atoms with Gasteiger partial charge in [0.15, 0.2) is 0 Å². The van der Waals surface area contributed by atoms with E-state index >= 15 is 0 Å². The quantitative estimate of drug-likeness (QED) is 0.864. The van der Waals surface area contributed by atoms with Gasteiger partial charge < -0.3 is 19.9 Å². The number of imidazole rings is 1. The number of aromatic nitrogens is 2. The van der Waals surface area contributed by atoms with Crippen LogP contribution in [-0.2, 0) is 9.53 Å². The molecule has 1 atom stereocenters. The molecule has 7 heteroatoms. The average Bonchev–Trinajstić information content (AvgIpc) is 3.04. The zero-order valence-electron chi connectivity index (χ0n) is 16.4. The van der Waals surface area contributed by atoms with Gasteiger partial charge >= 0.3 is 6.09 Å². The highest BCUT2D eigenvalue weighted by molar-refractivity contribution is 5.80. The summed E-state index contributed by atoms with van der Waals surface area (Å²) in [4.78, 5) is 34.2. The van der Waals surface area contributed by atoms with Gasteiger partial charge in [0.1, 0.15) is 11.4 Å². The highest BCUT2D eigenvalue weighted by Crippen LogP contribution is 2.22. The third-order valence-corrected chi connectivity index (χ3v) is 4.69. The standard InChI is InChI=1S/C20H28N4O3/c1-13(17-22-15-7-5-6-8-16(15)23-17)21-18(25)14-9-11-24(12-10-14)19(26)27-20(2,3)4/h5-8,13-14H,9-12H2,1-4H3,(H,21,25)(H,22,23)/t13-/m1/s1. The van der Waals surface area contributed by atoms with Crippen LogP contribution in [0.2, 0.25) is 0 Å². The Hall–Kier alpha value is -2.57. The van der Waals surface area contributed by atoms with E-state index in [1.54, 1.807) is 4.90 Å². The molecule has 1 aliphatic heterocycles. The first kappa shape index (κ1) is 19.2. The number of rotatable bonds is 3. The number of piperidine rings is 1. The van der Waals surface area contributed by atoms with E-state index < -0.39 is 5.60 Å². The van der Waals surface area contributed by atoms with Crippen LogP contribution in [0.1, 0.15) is 52.4 Å². The number of ether oxygens (including phenoxy) is 1. The molecular weight excluding hydrogens is 344 g/mol. The number of carbonyl (C=O) groups is 2. The maximum atomic E-state index is 12.6. The molecule has 146 valence electrons. The second kappa shape index (κ2) is 7.58. The van der Waals surface area contributed by atoms with Gasteiger partial charge in [0.25, 0.3) is 0 Å². The zero-order valence-corrected chi connectivity index (χ0v) is 16.4. The highest BCUT2D eigenvalue weighted by Gasteiger charge is 2.30. The van der Waals surface area contributed by atoms with E-state index in [9.17, 15) is 9.59 Å². The molecule has 2 N–H and O–H groups in total. The lowest BCUT2D eigenvalue weighted by Crippen LogP contribution is -2.45. The van der Waals surface area contributed by atoms with Gasteiger partial charge in [0.2, 0.25) is 5.91 Å². The Morgan fingerprint density at radius 3 is 2.56 bits per heavy atom. The summed E-state index contributed by atoms with van der Waals surface area (Å²) in [6, 6.07) is 7.60. The van der Waals surface area contributed by atoms with Crippen LogP contribution in [0.15, 0.2) is 24.3 Å². The number of benzene rings is 1. The number of H-pyrrole nitrogens is 1. The minimum atomic E-state index is -0.507. The van der Waals surface area contributed by atoms with E-state index in [0.717, 1.165) is 16.9 Å². The van der Waals surface area contributed by atoms with E-state index in [1.807, 2.05) is 52.0 Å². The Morgan fingerprint density at radius 2 is 1.93 bits per heavy atom. The van der Waals surface area contributed by atoms with Crippen molar-refractivity contribution < 1.29 is 14.3 Å². The molecule has 0 radical (unpaired) electrons. The average molecular weight is 372 g/mol. The summed E-state index contributed by atoms with van der Waals surface area (Å²) in [5, 5.41) is 3.04. The first-order valence-electron chi connectivity index (χ1n) is 9.46. The molecule has 0 saturated carbocycles. The number of aromatic amines is 1. The number of nitrogens with one attached hydrogen (secondary N) is 2. The fraction of sp³-hybridized carbons (Fsp3) is 0.550. The number of para-hydroxylation sites is 2. The molecule has 1 saturated heterocycles. The number of nitrogens with zero attached hydrogens (tertiary/aromatic N) is 2. The second-order valence-corrected chi connectivity index (χ2v) is 8.11. The molecule has 27 heavy (non-hydrogen) atoms. The Morgan fingerprint density at radius 1 is 1.26 bits per heavy atom. The van der Waals surface area contributed by atoms with Gasteiger partial charge in [-0.05, 0) is 52.7 Å². The minimum absolute atomic E-state index is 0.00629. The van der Waals surface area contributed by atoms with Crippen molar-refractivity contribution in [3.8, 4) is 0 Å². The number of hydrogen-bond donors (Lipinski definition) is 2. The molecule has 0 unspecified atom stereocenters. The molecular formula is C20H28N4O3.